The monoisotopic (exact) mass is 399 g/mol. The molecule has 1 aliphatic heterocycles. The molecule has 0 atom stereocenters. The lowest BCUT2D eigenvalue weighted by atomic mass is 10.1. The average molecular weight is 399 g/mol. The van der Waals surface area contributed by atoms with Gasteiger partial charge in [-0.2, -0.15) is 0 Å². The van der Waals surface area contributed by atoms with Gasteiger partial charge in [0.05, 0.1) is 20.8 Å². The lowest BCUT2D eigenvalue weighted by molar-refractivity contribution is 0.102. The van der Waals surface area contributed by atoms with Crippen LogP contribution in [0.15, 0.2) is 42.5 Å². The van der Waals surface area contributed by atoms with Crippen molar-refractivity contribution in [3.63, 3.8) is 0 Å². The van der Waals surface area contributed by atoms with Crippen molar-refractivity contribution < 1.29 is 19.0 Å². The number of hydrogen-bond acceptors (Lipinski definition) is 6. The Labute approximate surface area is 172 Å². The molecule has 1 heterocycles. The summed E-state index contributed by atoms with van der Waals surface area (Å²) in [5, 5.41) is 2.93. The number of rotatable bonds is 8. The van der Waals surface area contributed by atoms with Gasteiger partial charge in [0.1, 0.15) is 11.5 Å². The Hall–Kier alpha value is -2.77. The highest BCUT2D eigenvalue weighted by Gasteiger charge is 2.17. The van der Waals surface area contributed by atoms with E-state index in [1.54, 1.807) is 39.5 Å². The number of ether oxygens (including phenoxy) is 3. The van der Waals surface area contributed by atoms with Crippen LogP contribution in [0.2, 0.25) is 0 Å². The second-order valence-corrected chi connectivity index (χ2v) is 6.92. The van der Waals surface area contributed by atoms with Gasteiger partial charge in [-0.1, -0.05) is 0 Å². The molecular weight excluding hydrogens is 370 g/mol. The SMILES string of the molecule is COCCN1CCN(c2ccc(NC(=O)c3cc(OC)cc(OC)c3)cc2)CC1. The van der Waals surface area contributed by atoms with Gasteiger partial charge in [-0.3, -0.25) is 9.69 Å². The first-order chi connectivity index (χ1) is 14.1. The minimum atomic E-state index is -0.207. The van der Waals surface area contributed by atoms with Crippen molar-refractivity contribution in [1.82, 2.24) is 4.90 Å². The molecule has 1 saturated heterocycles. The molecule has 1 amide bonds. The quantitative estimate of drug-likeness (QED) is 0.737. The van der Waals surface area contributed by atoms with Crippen LogP contribution >= 0.6 is 0 Å². The minimum Gasteiger partial charge on any atom is -0.497 e. The highest BCUT2D eigenvalue weighted by atomic mass is 16.5. The van der Waals surface area contributed by atoms with E-state index in [0.29, 0.717) is 17.1 Å². The van der Waals surface area contributed by atoms with E-state index in [1.807, 2.05) is 24.3 Å². The summed E-state index contributed by atoms with van der Waals surface area (Å²) in [6.45, 7) is 5.77. The van der Waals surface area contributed by atoms with Gasteiger partial charge in [-0.15, -0.1) is 0 Å². The topological polar surface area (TPSA) is 63.3 Å². The molecule has 0 saturated carbocycles. The molecule has 7 heteroatoms. The van der Waals surface area contributed by atoms with Crippen molar-refractivity contribution in [2.75, 3.05) is 70.9 Å². The van der Waals surface area contributed by atoms with E-state index < -0.39 is 0 Å². The van der Waals surface area contributed by atoms with E-state index in [2.05, 4.69) is 15.1 Å². The zero-order chi connectivity index (χ0) is 20.6. The first kappa shape index (κ1) is 21.0. The van der Waals surface area contributed by atoms with Crippen LogP contribution in [-0.2, 0) is 4.74 Å². The summed E-state index contributed by atoms with van der Waals surface area (Å²) in [6.07, 6.45) is 0. The highest BCUT2D eigenvalue weighted by molar-refractivity contribution is 6.04. The van der Waals surface area contributed by atoms with Crippen molar-refractivity contribution in [2.24, 2.45) is 0 Å². The third kappa shape index (κ3) is 5.62. The van der Waals surface area contributed by atoms with Gasteiger partial charge in [0.15, 0.2) is 0 Å². The van der Waals surface area contributed by atoms with E-state index in [1.165, 1.54) is 0 Å². The summed E-state index contributed by atoms with van der Waals surface area (Å²) < 4.78 is 15.6. The largest absolute Gasteiger partial charge is 0.497 e. The summed E-state index contributed by atoms with van der Waals surface area (Å²) >= 11 is 0. The van der Waals surface area contributed by atoms with E-state index in [-0.39, 0.29) is 5.91 Å². The fourth-order valence-corrected chi connectivity index (χ4v) is 3.35. The number of carbonyl (C=O) groups is 1. The number of hydrogen-bond donors (Lipinski definition) is 1. The van der Waals surface area contributed by atoms with Gasteiger partial charge in [0.25, 0.3) is 5.91 Å². The van der Waals surface area contributed by atoms with Crippen molar-refractivity contribution in [3.05, 3.63) is 48.0 Å². The minimum absolute atomic E-state index is 0.207. The molecule has 29 heavy (non-hydrogen) atoms. The number of piperazine rings is 1. The van der Waals surface area contributed by atoms with E-state index in [9.17, 15) is 4.79 Å². The smallest absolute Gasteiger partial charge is 0.255 e. The molecule has 7 nitrogen and oxygen atoms in total. The second kappa shape index (κ2) is 10.1. The molecule has 0 aliphatic carbocycles. The van der Waals surface area contributed by atoms with Gasteiger partial charge >= 0.3 is 0 Å². The van der Waals surface area contributed by atoms with Gasteiger partial charge in [0.2, 0.25) is 0 Å². The molecule has 0 spiro atoms. The Morgan fingerprint density at radius 1 is 0.931 bits per heavy atom. The molecule has 1 N–H and O–H groups in total. The summed E-state index contributed by atoms with van der Waals surface area (Å²) in [4.78, 5) is 17.4. The average Bonchev–Trinajstić information content (AvgIpc) is 2.78. The molecule has 0 unspecified atom stereocenters. The van der Waals surface area contributed by atoms with Crippen LogP contribution in [0.3, 0.4) is 0 Å². The van der Waals surface area contributed by atoms with Crippen molar-refractivity contribution in [1.29, 1.82) is 0 Å². The van der Waals surface area contributed by atoms with Gasteiger partial charge in [-0.05, 0) is 36.4 Å². The van der Waals surface area contributed by atoms with E-state index in [4.69, 9.17) is 14.2 Å². The van der Waals surface area contributed by atoms with Crippen LogP contribution in [0.4, 0.5) is 11.4 Å². The fraction of sp³-hybridized carbons (Fsp3) is 0.409. The number of carbonyl (C=O) groups excluding carboxylic acids is 1. The summed E-state index contributed by atoms with van der Waals surface area (Å²) in [7, 11) is 4.86. The molecule has 1 aliphatic rings. The van der Waals surface area contributed by atoms with Gasteiger partial charge < -0.3 is 24.4 Å². The Morgan fingerprint density at radius 2 is 1.55 bits per heavy atom. The number of methoxy groups -OCH3 is 3. The Morgan fingerprint density at radius 3 is 2.10 bits per heavy atom. The molecule has 156 valence electrons. The number of nitrogens with one attached hydrogen (secondary N) is 1. The van der Waals surface area contributed by atoms with Crippen LogP contribution in [0.1, 0.15) is 10.4 Å². The third-order valence-corrected chi connectivity index (χ3v) is 5.09. The second-order valence-electron chi connectivity index (χ2n) is 6.92. The number of nitrogens with zero attached hydrogens (tertiary/aromatic N) is 2. The fourth-order valence-electron chi connectivity index (χ4n) is 3.35. The Bertz CT molecular complexity index is 780. The third-order valence-electron chi connectivity index (χ3n) is 5.09. The normalized spacial score (nSPS) is 14.5. The van der Waals surface area contributed by atoms with Crippen molar-refractivity contribution in [2.45, 2.75) is 0 Å². The number of benzene rings is 2. The van der Waals surface area contributed by atoms with Gasteiger partial charge in [-0.25, -0.2) is 0 Å². The standard InChI is InChI=1S/C22H29N3O4/c1-27-13-12-24-8-10-25(11-9-24)19-6-4-18(5-7-19)23-22(26)17-14-20(28-2)16-21(15-17)29-3/h4-7,14-16H,8-13H2,1-3H3,(H,23,26). The van der Waals surface area contributed by atoms with Crippen molar-refractivity contribution >= 4 is 17.3 Å². The van der Waals surface area contributed by atoms with Crippen molar-refractivity contribution in [3.8, 4) is 11.5 Å². The van der Waals surface area contributed by atoms with Crippen LogP contribution in [0.25, 0.3) is 0 Å². The van der Waals surface area contributed by atoms with Crippen LogP contribution < -0.4 is 19.7 Å². The number of anilines is 2. The zero-order valence-corrected chi connectivity index (χ0v) is 17.3. The lowest BCUT2D eigenvalue weighted by Crippen LogP contribution is -2.47. The highest BCUT2D eigenvalue weighted by Crippen LogP contribution is 2.24. The first-order valence-electron chi connectivity index (χ1n) is 9.73. The van der Waals surface area contributed by atoms with Gasteiger partial charge in [0, 0.05) is 62.8 Å². The predicted molar refractivity (Wildman–Crippen MR) is 114 cm³/mol. The maximum Gasteiger partial charge on any atom is 0.255 e. The molecule has 2 aromatic carbocycles. The summed E-state index contributed by atoms with van der Waals surface area (Å²) in [5.74, 6) is 0.950. The molecule has 3 rings (SSSR count). The lowest BCUT2D eigenvalue weighted by Gasteiger charge is -2.36. The van der Waals surface area contributed by atoms with Crippen LogP contribution in [0.5, 0.6) is 11.5 Å². The van der Waals surface area contributed by atoms with Crippen LogP contribution in [-0.4, -0.2) is 71.5 Å². The summed E-state index contributed by atoms with van der Waals surface area (Å²) in [6, 6.07) is 13.1. The predicted octanol–water partition coefficient (Wildman–Crippen LogP) is 2.72. The molecule has 0 aromatic heterocycles. The van der Waals surface area contributed by atoms with E-state index in [0.717, 1.165) is 50.7 Å². The molecule has 0 radical (unpaired) electrons. The molecular formula is C22H29N3O4. The first-order valence-corrected chi connectivity index (χ1v) is 9.73. The maximum atomic E-state index is 12.6. The number of amides is 1. The van der Waals surface area contributed by atoms with E-state index >= 15 is 0 Å². The zero-order valence-electron chi connectivity index (χ0n) is 17.3. The summed E-state index contributed by atoms with van der Waals surface area (Å²) in [5.41, 5.74) is 2.40. The van der Waals surface area contributed by atoms with Crippen LogP contribution in [0, 0.1) is 0 Å². The maximum absolute atomic E-state index is 12.6. The molecule has 1 fully saturated rings. The Kier molecular flexibility index (Phi) is 7.32. The molecule has 0 bridgehead atoms. The molecule has 2 aromatic rings. The Balaban J connectivity index is 1.59.